The average Bonchev–Trinajstić information content (AvgIpc) is 2.80. The van der Waals surface area contributed by atoms with Crippen LogP contribution in [0.3, 0.4) is 0 Å². The highest BCUT2D eigenvalue weighted by molar-refractivity contribution is 9.10. The number of benzene rings is 1. The van der Waals surface area contributed by atoms with Gasteiger partial charge in [-0.2, -0.15) is 4.98 Å². The Kier molecular flexibility index (Phi) is 5.61. The number of hydrogen-bond acceptors (Lipinski definition) is 4. The van der Waals surface area contributed by atoms with Crippen LogP contribution in [-0.2, 0) is 4.79 Å². The van der Waals surface area contributed by atoms with E-state index in [-0.39, 0.29) is 11.9 Å². The Bertz CT molecular complexity index is 612. The molecule has 1 unspecified atom stereocenters. The van der Waals surface area contributed by atoms with E-state index in [1.54, 1.807) is 0 Å². The molecule has 114 valence electrons. The van der Waals surface area contributed by atoms with Crippen LogP contribution >= 0.6 is 15.9 Å². The molecular weight excluding hydrogens is 334 g/mol. The number of oxazole rings is 1. The summed E-state index contributed by atoms with van der Waals surface area (Å²) in [5.41, 5.74) is 1.57. The number of amides is 1. The summed E-state index contributed by atoms with van der Waals surface area (Å²) in [6, 6.07) is 6.36. The zero-order chi connectivity index (χ0) is 15.2. The van der Waals surface area contributed by atoms with E-state index in [0.717, 1.165) is 28.4 Å². The monoisotopic (exact) mass is 353 g/mol. The maximum Gasteiger partial charge on any atom is 0.295 e. The van der Waals surface area contributed by atoms with Crippen molar-refractivity contribution in [1.29, 1.82) is 0 Å². The molecule has 1 aromatic heterocycles. The van der Waals surface area contributed by atoms with Gasteiger partial charge >= 0.3 is 0 Å². The van der Waals surface area contributed by atoms with Crippen LogP contribution < -0.4 is 10.6 Å². The second kappa shape index (κ2) is 7.45. The van der Waals surface area contributed by atoms with E-state index in [9.17, 15) is 4.79 Å². The molecule has 2 N–H and O–H groups in total. The van der Waals surface area contributed by atoms with Crippen molar-refractivity contribution >= 4 is 39.0 Å². The lowest BCUT2D eigenvalue weighted by atomic mass is 10.2. The fourth-order valence-corrected chi connectivity index (χ4v) is 2.37. The van der Waals surface area contributed by atoms with Crippen molar-refractivity contribution in [2.24, 2.45) is 0 Å². The normalized spacial score (nSPS) is 12.3. The first-order chi connectivity index (χ1) is 10.1. The largest absolute Gasteiger partial charge is 0.424 e. The van der Waals surface area contributed by atoms with E-state index in [1.165, 1.54) is 0 Å². The molecule has 21 heavy (non-hydrogen) atoms. The zero-order valence-corrected chi connectivity index (χ0v) is 13.9. The lowest BCUT2D eigenvalue weighted by Gasteiger charge is -2.13. The van der Waals surface area contributed by atoms with Crippen molar-refractivity contribution in [3.63, 3.8) is 0 Å². The number of carbonyl (C=O) groups excluding carboxylic acids is 1. The van der Waals surface area contributed by atoms with E-state index in [1.807, 2.05) is 32.0 Å². The Hall–Kier alpha value is -1.56. The van der Waals surface area contributed by atoms with Gasteiger partial charge in [-0.1, -0.05) is 22.9 Å². The summed E-state index contributed by atoms with van der Waals surface area (Å²) in [5, 5.41) is 6.11. The number of rotatable bonds is 7. The molecule has 0 aliphatic carbocycles. The van der Waals surface area contributed by atoms with Crippen LogP contribution in [0.2, 0.25) is 0 Å². The number of nitrogens with one attached hydrogen (secondary N) is 2. The summed E-state index contributed by atoms with van der Waals surface area (Å²) in [6.07, 6.45) is 2.27. The second-order valence-electron chi connectivity index (χ2n) is 5.07. The highest BCUT2D eigenvalue weighted by Crippen LogP contribution is 2.22. The third kappa shape index (κ3) is 4.74. The molecule has 0 aliphatic rings. The highest BCUT2D eigenvalue weighted by Gasteiger charge is 2.08. The smallest absolute Gasteiger partial charge is 0.295 e. The maximum atomic E-state index is 11.5. The molecule has 0 aliphatic heterocycles. The molecule has 0 fully saturated rings. The van der Waals surface area contributed by atoms with Gasteiger partial charge in [0, 0.05) is 23.5 Å². The van der Waals surface area contributed by atoms with Gasteiger partial charge in [-0.3, -0.25) is 4.79 Å². The number of carbonyl (C=O) groups is 1. The maximum absolute atomic E-state index is 11.5. The predicted molar refractivity (Wildman–Crippen MR) is 87.3 cm³/mol. The molecule has 0 radical (unpaired) electrons. The number of halogens is 1. The Morgan fingerprint density at radius 3 is 3.05 bits per heavy atom. The fourth-order valence-electron chi connectivity index (χ4n) is 2.02. The van der Waals surface area contributed by atoms with E-state index in [4.69, 9.17) is 4.42 Å². The molecule has 0 saturated carbocycles. The van der Waals surface area contributed by atoms with Crippen LogP contribution in [-0.4, -0.2) is 23.5 Å². The minimum absolute atomic E-state index is 0.108. The number of fused-ring (bicyclic) bond motifs is 1. The van der Waals surface area contributed by atoms with E-state index < -0.39 is 0 Å². The molecule has 1 amide bonds. The molecule has 6 heteroatoms. The standard InChI is InChI=1S/C15H20BrN3O2/c1-3-4-14(20)18-10(2)7-8-17-15-19-12-9-11(16)5-6-13(12)21-15/h5-6,9-10H,3-4,7-8H2,1-2H3,(H,17,19)(H,18,20). The van der Waals surface area contributed by atoms with Crippen LogP contribution in [0, 0.1) is 0 Å². The van der Waals surface area contributed by atoms with Gasteiger partial charge in [0.1, 0.15) is 5.52 Å². The Morgan fingerprint density at radius 2 is 2.29 bits per heavy atom. The van der Waals surface area contributed by atoms with Gasteiger partial charge in [0.25, 0.3) is 6.01 Å². The Labute approximate surface area is 132 Å². The summed E-state index contributed by atoms with van der Waals surface area (Å²) in [7, 11) is 0. The average molecular weight is 354 g/mol. The SMILES string of the molecule is CCCC(=O)NC(C)CCNc1nc2cc(Br)ccc2o1. The predicted octanol–water partition coefficient (Wildman–Crippen LogP) is 3.70. The van der Waals surface area contributed by atoms with Crippen molar-refractivity contribution in [3.05, 3.63) is 22.7 Å². The van der Waals surface area contributed by atoms with Gasteiger partial charge in [-0.25, -0.2) is 0 Å². The lowest BCUT2D eigenvalue weighted by molar-refractivity contribution is -0.121. The molecule has 1 aromatic carbocycles. The molecule has 0 spiro atoms. The van der Waals surface area contributed by atoms with E-state index >= 15 is 0 Å². The summed E-state index contributed by atoms with van der Waals surface area (Å²) < 4.78 is 6.57. The van der Waals surface area contributed by atoms with Crippen molar-refractivity contribution in [3.8, 4) is 0 Å². The summed E-state index contributed by atoms with van der Waals surface area (Å²) >= 11 is 3.41. The number of aromatic nitrogens is 1. The minimum atomic E-state index is 0.108. The first-order valence-electron chi connectivity index (χ1n) is 7.18. The lowest BCUT2D eigenvalue weighted by Crippen LogP contribution is -2.33. The zero-order valence-electron chi connectivity index (χ0n) is 12.3. The highest BCUT2D eigenvalue weighted by atomic mass is 79.9. The van der Waals surface area contributed by atoms with Crippen molar-refractivity contribution < 1.29 is 9.21 Å². The fraction of sp³-hybridized carbons (Fsp3) is 0.467. The van der Waals surface area contributed by atoms with Crippen LogP contribution in [0.25, 0.3) is 11.1 Å². The number of hydrogen-bond donors (Lipinski definition) is 2. The van der Waals surface area contributed by atoms with Crippen LogP contribution in [0.1, 0.15) is 33.1 Å². The molecule has 0 bridgehead atoms. The molecule has 5 nitrogen and oxygen atoms in total. The van der Waals surface area contributed by atoms with E-state index in [0.29, 0.717) is 19.0 Å². The van der Waals surface area contributed by atoms with Crippen LogP contribution in [0.5, 0.6) is 0 Å². The van der Waals surface area contributed by atoms with Crippen molar-refractivity contribution in [2.75, 3.05) is 11.9 Å². The third-order valence-corrected chi connectivity index (χ3v) is 3.58. The van der Waals surface area contributed by atoms with Gasteiger partial charge in [-0.15, -0.1) is 0 Å². The van der Waals surface area contributed by atoms with Gasteiger partial charge in [0.2, 0.25) is 5.91 Å². The quantitative estimate of drug-likeness (QED) is 0.796. The van der Waals surface area contributed by atoms with Gasteiger partial charge in [0.15, 0.2) is 5.58 Å². The first kappa shape index (κ1) is 15.8. The molecule has 0 saturated heterocycles. The molecule has 1 heterocycles. The number of nitrogens with zero attached hydrogens (tertiary/aromatic N) is 1. The van der Waals surface area contributed by atoms with E-state index in [2.05, 4.69) is 31.5 Å². The van der Waals surface area contributed by atoms with Gasteiger partial charge in [-0.05, 0) is 38.0 Å². The molecule has 2 rings (SSSR count). The molecule has 2 aromatic rings. The van der Waals surface area contributed by atoms with Crippen molar-refractivity contribution in [2.45, 2.75) is 39.2 Å². The van der Waals surface area contributed by atoms with Gasteiger partial charge in [0.05, 0.1) is 0 Å². The van der Waals surface area contributed by atoms with Crippen molar-refractivity contribution in [1.82, 2.24) is 10.3 Å². The second-order valence-corrected chi connectivity index (χ2v) is 5.98. The molecular formula is C15H20BrN3O2. The Balaban J connectivity index is 1.80. The Morgan fingerprint density at radius 1 is 1.48 bits per heavy atom. The summed E-state index contributed by atoms with van der Waals surface area (Å²) in [5.74, 6) is 0.108. The van der Waals surface area contributed by atoms with Crippen LogP contribution in [0.15, 0.2) is 27.1 Å². The molecule has 1 atom stereocenters. The first-order valence-corrected chi connectivity index (χ1v) is 7.97. The topological polar surface area (TPSA) is 67.2 Å². The minimum Gasteiger partial charge on any atom is -0.424 e. The number of anilines is 1. The third-order valence-electron chi connectivity index (χ3n) is 3.09. The summed E-state index contributed by atoms with van der Waals surface area (Å²) in [6.45, 7) is 4.69. The van der Waals surface area contributed by atoms with Crippen LogP contribution in [0.4, 0.5) is 6.01 Å². The van der Waals surface area contributed by atoms with Gasteiger partial charge < -0.3 is 15.1 Å². The summed E-state index contributed by atoms with van der Waals surface area (Å²) in [4.78, 5) is 15.8.